The molecule has 0 bridgehead atoms. The Labute approximate surface area is 177 Å². The first-order chi connectivity index (χ1) is 14.9. The average Bonchev–Trinajstić information content (AvgIpc) is 3.33. The Hall–Kier alpha value is -3.55. The second-order valence-electron chi connectivity index (χ2n) is 7.40. The molecule has 2 aromatic carbocycles. The Balaban J connectivity index is 1.34. The van der Waals surface area contributed by atoms with Crippen molar-refractivity contribution in [3.63, 3.8) is 0 Å². The van der Waals surface area contributed by atoms with Gasteiger partial charge in [-0.25, -0.2) is 13.2 Å². The average molecular weight is 427 g/mol. The van der Waals surface area contributed by atoms with Crippen LogP contribution in [0.15, 0.2) is 60.9 Å². The summed E-state index contributed by atoms with van der Waals surface area (Å²) in [5, 5.41) is 2.64. The number of amides is 2. The van der Waals surface area contributed by atoms with Crippen molar-refractivity contribution in [3.8, 4) is 5.69 Å². The lowest BCUT2D eigenvalue weighted by atomic mass is 10.0. The maximum absolute atomic E-state index is 13.8. The molecule has 0 aliphatic carbocycles. The zero-order valence-electron chi connectivity index (χ0n) is 16.5. The molecule has 2 heterocycles. The molecule has 31 heavy (non-hydrogen) atoms. The first-order valence-corrected chi connectivity index (χ1v) is 9.91. The van der Waals surface area contributed by atoms with Crippen molar-refractivity contribution in [2.45, 2.75) is 18.9 Å². The van der Waals surface area contributed by atoms with E-state index in [2.05, 4.69) is 5.32 Å². The van der Waals surface area contributed by atoms with Crippen molar-refractivity contribution in [2.24, 2.45) is 0 Å². The summed E-state index contributed by atoms with van der Waals surface area (Å²) in [7, 11) is 0. The van der Waals surface area contributed by atoms with Crippen molar-refractivity contribution in [1.29, 1.82) is 0 Å². The summed E-state index contributed by atoms with van der Waals surface area (Å²) in [6.07, 6.45) is 4.79. The number of nitrogens with zero attached hydrogens (tertiary/aromatic N) is 2. The summed E-state index contributed by atoms with van der Waals surface area (Å²) in [5.41, 5.74) is 0.981. The minimum Gasteiger partial charge on any atom is -0.349 e. The molecule has 1 aromatic heterocycles. The van der Waals surface area contributed by atoms with Gasteiger partial charge in [0.25, 0.3) is 11.8 Å². The SMILES string of the molecule is O=C(NC1CCN(C(=O)c2ccc(-n3cccc3)cc2)CC1)c1ccc(F)c(F)c1F. The molecule has 1 aliphatic rings. The molecule has 8 heteroatoms. The fraction of sp³-hybridized carbons (Fsp3) is 0.217. The molecule has 0 radical (unpaired) electrons. The molecule has 1 N–H and O–H groups in total. The third-order valence-electron chi connectivity index (χ3n) is 5.41. The van der Waals surface area contributed by atoms with Crippen LogP contribution < -0.4 is 5.32 Å². The lowest BCUT2D eigenvalue weighted by molar-refractivity contribution is 0.0698. The molecular weight excluding hydrogens is 407 g/mol. The van der Waals surface area contributed by atoms with Crippen LogP contribution in [0, 0.1) is 17.5 Å². The standard InChI is InChI=1S/C23H20F3N3O2/c24-19-8-7-18(20(25)21(19)26)22(30)27-16-9-13-29(14-10-16)23(31)15-3-5-17(6-4-15)28-11-1-2-12-28/h1-8,11-12,16H,9-10,13-14H2,(H,27,30). The lowest BCUT2D eigenvalue weighted by Crippen LogP contribution is -2.46. The van der Waals surface area contributed by atoms with Gasteiger partial charge in [0.2, 0.25) is 0 Å². The van der Waals surface area contributed by atoms with Crippen molar-refractivity contribution in [2.75, 3.05) is 13.1 Å². The number of rotatable bonds is 4. The summed E-state index contributed by atoms with van der Waals surface area (Å²) in [5.74, 6) is -5.43. The molecule has 3 aromatic rings. The van der Waals surface area contributed by atoms with Crippen LogP contribution in [0.2, 0.25) is 0 Å². The van der Waals surface area contributed by atoms with Gasteiger partial charge in [0.1, 0.15) is 0 Å². The summed E-state index contributed by atoms with van der Waals surface area (Å²) in [6.45, 7) is 0.840. The highest BCUT2D eigenvalue weighted by Crippen LogP contribution is 2.18. The molecule has 0 unspecified atom stereocenters. The smallest absolute Gasteiger partial charge is 0.254 e. The number of hydrogen-bond acceptors (Lipinski definition) is 2. The van der Waals surface area contributed by atoms with Crippen LogP contribution in [0.3, 0.4) is 0 Å². The molecular formula is C23H20F3N3O2. The number of carbonyl (C=O) groups excluding carboxylic acids is 2. The Morgan fingerprint density at radius 2 is 1.52 bits per heavy atom. The van der Waals surface area contributed by atoms with E-state index < -0.39 is 28.9 Å². The van der Waals surface area contributed by atoms with Gasteiger partial charge in [-0.05, 0) is 61.4 Å². The zero-order chi connectivity index (χ0) is 22.0. The van der Waals surface area contributed by atoms with Gasteiger partial charge in [-0.3, -0.25) is 9.59 Å². The Bertz CT molecular complexity index is 1090. The van der Waals surface area contributed by atoms with Crippen LogP contribution in [0.1, 0.15) is 33.6 Å². The van der Waals surface area contributed by atoms with Crippen LogP contribution in [-0.4, -0.2) is 40.4 Å². The van der Waals surface area contributed by atoms with E-state index >= 15 is 0 Å². The van der Waals surface area contributed by atoms with Crippen LogP contribution in [0.4, 0.5) is 13.2 Å². The monoisotopic (exact) mass is 427 g/mol. The number of benzene rings is 2. The van der Waals surface area contributed by atoms with E-state index in [1.54, 1.807) is 17.0 Å². The van der Waals surface area contributed by atoms with Gasteiger partial charge in [-0.15, -0.1) is 0 Å². The van der Waals surface area contributed by atoms with Gasteiger partial charge in [0, 0.05) is 42.8 Å². The summed E-state index contributed by atoms with van der Waals surface area (Å²) in [6, 6.07) is 12.5. The minimum absolute atomic E-state index is 0.101. The van der Waals surface area contributed by atoms with Gasteiger partial charge >= 0.3 is 0 Å². The highest BCUT2D eigenvalue weighted by molar-refractivity contribution is 5.95. The Morgan fingerprint density at radius 3 is 2.16 bits per heavy atom. The molecule has 5 nitrogen and oxygen atoms in total. The van der Waals surface area contributed by atoms with E-state index in [-0.39, 0.29) is 11.9 Å². The van der Waals surface area contributed by atoms with E-state index in [1.165, 1.54) is 0 Å². The topological polar surface area (TPSA) is 54.3 Å². The van der Waals surface area contributed by atoms with Crippen molar-refractivity contribution >= 4 is 11.8 Å². The van der Waals surface area contributed by atoms with Gasteiger partial charge in [0.15, 0.2) is 17.5 Å². The number of likely N-dealkylation sites (tertiary alicyclic amines) is 1. The second-order valence-corrected chi connectivity index (χ2v) is 7.40. The van der Waals surface area contributed by atoms with Gasteiger partial charge in [-0.1, -0.05) is 0 Å². The Kier molecular flexibility index (Phi) is 5.79. The molecule has 1 saturated heterocycles. The molecule has 0 saturated carbocycles. The second kappa shape index (κ2) is 8.67. The highest BCUT2D eigenvalue weighted by Gasteiger charge is 2.26. The molecule has 1 aliphatic heterocycles. The fourth-order valence-corrected chi connectivity index (χ4v) is 3.66. The third-order valence-corrected chi connectivity index (χ3v) is 5.41. The number of halogens is 3. The largest absolute Gasteiger partial charge is 0.349 e. The molecule has 0 spiro atoms. The summed E-state index contributed by atoms with van der Waals surface area (Å²) in [4.78, 5) is 26.7. The lowest BCUT2D eigenvalue weighted by Gasteiger charge is -2.32. The number of aromatic nitrogens is 1. The van der Waals surface area contributed by atoms with Crippen LogP contribution in [-0.2, 0) is 0 Å². The number of nitrogens with one attached hydrogen (secondary N) is 1. The van der Waals surface area contributed by atoms with Crippen molar-refractivity contribution in [3.05, 3.63) is 89.5 Å². The maximum atomic E-state index is 13.8. The van der Waals surface area contributed by atoms with Crippen LogP contribution in [0.25, 0.3) is 5.69 Å². The predicted octanol–water partition coefficient (Wildman–Crippen LogP) is 3.93. The maximum Gasteiger partial charge on any atom is 0.254 e. The van der Waals surface area contributed by atoms with Crippen LogP contribution in [0.5, 0.6) is 0 Å². The molecule has 1 fully saturated rings. The quantitative estimate of drug-likeness (QED) is 0.642. The van der Waals surface area contributed by atoms with E-state index in [0.29, 0.717) is 31.5 Å². The van der Waals surface area contributed by atoms with Crippen LogP contribution >= 0.6 is 0 Å². The molecule has 160 valence electrons. The molecule has 4 rings (SSSR count). The van der Waals surface area contributed by atoms with Gasteiger partial charge < -0.3 is 14.8 Å². The Morgan fingerprint density at radius 1 is 0.871 bits per heavy atom. The number of piperidine rings is 1. The van der Waals surface area contributed by atoms with Crippen molar-refractivity contribution in [1.82, 2.24) is 14.8 Å². The zero-order valence-corrected chi connectivity index (χ0v) is 16.5. The first-order valence-electron chi connectivity index (χ1n) is 9.91. The summed E-state index contributed by atoms with van der Waals surface area (Å²) >= 11 is 0. The highest BCUT2D eigenvalue weighted by atomic mass is 19.2. The van der Waals surface area contributed by atoms with Crippen molar-refractivity contribution < 1.29 is 22.8 Å². The van der Waals surface area contributed by atoms with E-state index in [9.17, 15) is 22.8 Å². The number of carbonyl (C=O) groups is 2. The van der Waals surface area contributed by atoms with E-state index in [0.717, 1.165) is 17.8 Å². The summed E-state index contributed by atoms with van der Waals surface area (Å²) < 4.78 is 42.2. The first kappa shape index (κ1) is 20.7. The third kappa shape index (κ3) is 4.33. The predicted molar refractivity (Wildman–Crippen MR) is 108 cm³/mol. The molecule has 0 atom stereocenters. The van der Waals surface area contributed by atoms with Gasteiger partial charge in [0.05, 0.1) is 5.56 Å². The fourth-order valence-electron chi connectivity index (χ4n) is 3.66. The minimum atomic E-state index is -1.67. The van der Waals surface area contributed by atoms with E-state index in [4.69, 9.17) is 0 Å². The molecule has 2 amide bonds. The normalized spacial score (nSPS) is 14.5. The van der Waals surface area contributed by atoms with E-state index in [1.807, 2.05) is 41.2 Å². The van der Waals surface area contributed by atoms with Gasteiger partial charge in [-0.2, -0.15) is 0 Å². The number of hydrogen-bond donors (Lipinski definition) is 1.